The summed E-state index contributed by atoms with van der Waals surface area (Å²) in [6.45, 7) is 5.88. The third kappa shape index (κ3) is 5.16. The minimum atomic E-state index is -0.567. The Hall–Kier alpha value is -2.66. The number of anilines is 1. The van der Waals surface area contributed by atoms with E-state index in [0.29, 0.717) is 16.4 Å². The van der Waals surface area contributed by atoms with Gasteiger partial charge in [0, 0.05) is 12.1 Å². The van der Waals surface area contributed by atoms with E-state index in [1.807, 2.05) is 26.8 Å². The van der Waals surface area contributed by atoms with Crippen molar-refractivity contribution in [3.63, 3.8) is 0 Å². The number of hydrogen-bond donors (Lipinski definition) is 2. The normalized spacial score (nSPS) is 19.0. The van der Waals surface area contributed by atoms with Crippen molar-refractivity contribution in [1.82, 2.24) is 5.32 Å². The third-order valence-electron chi connectivity index (χ3n) is 3.60. The van der Waals surface area contributed by atoms with Gasteiger partial charge in [-0.25, -0.2) is 0 Å². The Labute approximate surface area is 150 Å². The molecular weight excluding hydrogens is 338 g/mol. The van der Waals surface area contributed by atoms with Crippen LogP contribution < -0.4 is 10.6 Å². The van der Waals surface area contributed by atoms with Crippen molar-refractivity contribution < 1.29 is 9.59 Å². The highest BCUT2D eigenvalue weighted by molar-refractivity contribution is 8.15. The van der Waals surface area contributed by atoms with Crippen LogP contribution in [-0.2, 0) is 9.59 Å². The maximum absolute atomic E-state index is 12.2. The van der Waals surface area contributed by atoms with Gasteiger partial charge in [-0.15, -0.1) is 5.10 Å². The number of carbonyl (C=O) groups excluding carboxylic acids is 2. The lowest BCUT2D eigenvalue weighted by Gasteiger charge is -2.08. The van der Waals surface area contributed by atoms with E-state index >= 15 is 0 Å². The predicted molar refractivity (Wildman–Crippen MR) is 99.3 cm³/mol. The molecule has 0 unspecified atom stereocenters. The number of thioether (sulfide) groups is 1. The number of amidine groups is 1. The van der Waals surface area contributed by atoms with E-state index in [-0.39, 0.29) is 24.2 Å². The maximum atomic E-state index is 12.2. The average Bonchev–Trinajstić information content (AvgIpc) is 2.92. The Morgan fingerprint density at radius 3 is 2.84 bits per heavy atom. The van der Waals surface area contributed by atoms with Crippen LogP contribution in [0.2, 0.25) is 0 Å². The van der Waals surface area contributed by atoms with E-state index in [4.69, 9.17) is 5.26 Å². The monoisotopic (exact) mass is 357 g/mol. The number of para-hydroxylation sites is 1. The first-order chi connectivity index (χ1) is 11.9. The zero-order valence-electron chi connectivity index (χ0n) is 14.2. The summed E-state index contributed by atoms with van der Waals surface area (Å²) >= 11 is 1.18. The number of nitrogens with one attached hydrogen (secondary N) is 2. The van der Waals surface area contributed by atoms with Gasteiger partial charge < -0.3 is 10.6 Å². The Morgan fingerprint density at radius 2 is 2.16 bits per heavy atom. The van der Waals surface area contributed by atoms with Crippen molar-refractivity contribution in [2.45, 2.75) is 32.4 Å². The fraction of sp³-hybridized carbons (Fsp3) is 0.353. The number of amides is 2. The second-order valence-electron chi connectivity index (χ2n) is 5.81. The molecule has 0 radical (unpaired) electrons. The van der Waals surface area contributed by atoms with Gasteiger partial charge in [-0.1, -0.05) is 37.7 Å². The van der Waals surface area contributed by atoms with Crippen LogP contribution >= 0.6 is 11.8 Å². The summed E-state index contributed by atoms with van der Waals surface area (Å²) < 4.78 is 0. The van der Waals surface area contributed by atoms with Gasteiger partial charge in [-0.3, -0.25) is 9.59 Å². The van der Waals surface area contributed by atoms with Gasteiger partial charge in [0.1, 0.15) is 11.3 Å². The number of carbonyl (C=O) groups is 2. The van der Waals surface area contributed by atoms with Crippen LogP contribution in [0.15, 0.2) is 34.5 Å². The molecule has 8 heteroatoms. The van der Waals surface area contributed by atoms with E-state index in [2.05, 4.69) is 20.8 Å². The maximum Gasteiger partial charge on any atom is 0.240 e. The molecule has 25 heavy (non-hydrogen) atoms. The number of nitriles is 1. The smallest absolute Gasteiger partial charge is 0.240 e. The molecule has 0 bridgehead atoms. The molecular formula is C17H19N5O2S. The molecule has 7 nitrogen and oxygen atoms in total. The van der Waals surface area contributed by atoms with E-state index in [0.717, 1.165) is 5.71 Å². The Bertz CT molecular complexity index is 779. The summed E-state index contributed by atoms with van der Waals surface area (Å²) in [5.41, 5.74) is 1.67. The number of nitrogens with zero attached hydrogens (tertiary/aromatic N) is 3. The fourth-order valence-corrected chi connectivity index (χ4v) is 2.80. The molecule has 1 aliphatic rings. The van der Waals surface area contributed by atoms with Crippen LogP contribution in [0.25, 0.3) is 0 Å². The summed E-state index contributed by atoms with van der Waals surface area (Å²) in [5.74, 6) is -0.337. The summed E-state index contributed by atoms with van der Waals surface area (Å²) in [6.07, 6.45) is -0.0117. The van der Waals surface area contributed by atoms with Crippen molar-refractivity contribution in [3.05, 3.63) is 29.8 Å². The summed E-state index contributed by atoms with van der Waals surface area (Å²) in [4.78, 5) is 24.1. The second kappa shape index (κ2) is 8.44. The molecule has 0 aliphatic carbocycles. The van der Waals surface area contributed by atoms with Crippen LogP contribution in [0.1, 0.15) is 32.8 Å². The highest BCUT2D eigenvalue weighted by Crippen LogP contribution is 2.23. The molecule has 1 atom stereocenters. The van der Waals surface area contributed by atoms with Crippen molar-refractivity contribution >= 4 is 40.1 Å². The second-order valence-corrected chi connectivity index (χ2v) is 7.00. The van der Waals surface area contributed by atoms with Crippen LogP contribution in [0.4, 0.5) is 5.69 Å². The molecule has 1 heterocycles. The molecule has 130 valence electrons. The van der Waals surface area contributed by atoms with Gasteiger partial charge in [-0.2, -0.15) is 10.4 Å². The van der Waals surface area contributed by atoms with E-state index in [1.54, 1.807) is 24.3 Å². The zero-order valence-corrected chi connectivity index (χ0v) is 15.1. The number of hydrogen-bond acceptors (Lipinski definition) is 6. The van der Waals surface area contributed by atoms with Crippen LogP contribution in [-0.4, -0.2) is 27.9 Å². The molecule has 1 aliphatic heterocycles. The molecule has 1 aromatic carbocycles. The van der Waals surface area contributed by atoms with Crippen molar-refractivity contribution in [1.29, 1.82) is 5.26 Å². The molecule has 2 N–H and O–H groups in total. The van der Waals surface area contributed by atoms with Crippen molar-refractivity contribution in [2.24, 2.45) is 16.1 Å². The SMILES string of the molecule is CC(=NN=C1NC(=O)[C@H](CC(=O)Nc2ccccc2C#N)S1)C(C)C. The summed E-state index contributed by atoms with van der Waals surface area (Å²) in [6, 6.07) is 8.73. The Kier molecular flexibility index (Phi) is 6.31. The Balaban J connectivity index is 1.98. The molecule has 2 rings (SSSR count). The zero-order chi connectivity index (χ0) is 18.4. The van der Waals surface area contributed by atoms with Crippen LogP contribution in [0.5, 0.6) is 0 Å². The minimum absolute atomic E-state index is 0.0117. The van der Waals surface area contributed by atoms with E-state index in [9.17, 15) is 9.59 Å². The summed E-state index contributed by atoms with van der Waals surface area (Å²) in [5, 5.41) is 22.3. The molecule has 1 aromatic rings. The third-order valence-corrected chi connectivity index (χ3v) is 4.68. The standard InChI is InChI=1S/C17H19N5O2S/c1-10(2)11(3)21-22-17-20-16(24)14(25-17)8-15(23)19-13-7-5-4-6-12(13)9-18/h4-7,10,14H,8H2,1-3H3,(H,19,23)(H,20,22,24)/t14-/m0/s1. The van der Waals surface area contributed by atoms with Gasteiger partial charge in [0.15, 0.2) is 5.17 Å². The molecule has 1 saturated heterocycles. The van der Waals surface area contributed by atoms with Gasteiger partial charge in [-0.05, 0) is 25.0 Å². The number of benzene rings is 1. The Morgan fingerprint density at radius 1 is 1.44 bits per heavy atom. The lowest BCUT2D eigenvalue weighted by Crippen LogP contribution is -2.28. The van der Waals surface area contributed by atoms with Gasteiger partial charge in [0.05, 0.1) is 11.3 Å². The molecule has 0 saturated carbocycles. The highest BCUT2D eigenvalue weighted by Gasteiger charge is 2.32. The van der Waals surface area contributed by atoms with E-state index in [1.165, 1.54) is 11.8 Å². The fourth-order valence-electron chi connectivity index (χ4n) is 1.89. The highest BCUT2D eigenvalue weighted by atomic mass is 32.2. The van der Waals surface area contributed by atoms with Crippen molar-refractivity contribution in [3.8, 4) is 6.07 Å². The largest absolute Gasteiger partial charge is 0.325 e. The molecule has 2 amide bonds. The number of rotatable bonds is 5. The van der Waals surface area contributed by atoms with Gasteiger partial charge >= 0.3 is 0 Å². The van der Waals surface area contributed by atoms with Crippen molar-refractivity contribution in [2.75, 3.05) is 5.32 Å². The topological polar surface area (TPSA) is 107 Å². The van der Waals surface area contributed by atoms with E-state index < -0.39 is 5.25 Å². The average molecular weight is 357 g/mol. The quantitative estimate of drug-likeness (QED) is 0.623. The van der Waals surface area contributed by atoms with Gasteiger partial charge in [0.2, 0.25) is 11.8 Å². The lowest BCUT2D eigenvalue weighted by molar-refractivity contribution is -0.122. The first-order valence-corrected chi connectivity index (χ1v) is 8.67. The van der Waals surface area contributed by atoms with Gasteiger partial charge in [0.25, 0.3) is 0 Å². The molecule has 1 fully saturated rings. The lowest BCUT2D eigenvalue weighted by atomic mass is 10.1. The van der Waals surface area contributed by atoms with Crippen LogP contribution in [0.3, 0.4) is 0 Å². The van der Waals surface area contributed by atoms with Crippen LogP contribution in [0, 0.1) is 17.2 Å². The first-order valence-electron chi connectivity index (χ1n) is 7.79. The minimum Gasteiger partial charge on any atom is -0.325 e. The first kappa shape index (κ1) is 18.7. The molecule has 0 aromatic heterocycles. The molecule has 0 spiro atoms. The summed E-state index contributed by atoms with van der Waals surface area (Å²) in [7, 11) is 0. The predicted octanol–water partition coefficient (Wildman–Crippen LogP) is 2.51.